The smallest absolute Gasteiger partial charge is 0.427 e. The van der Waals surface area contributed by atoms with Gasteiger partial charge in [0.2, 0.25) is 0 Å². The van der Waals surface area contributed by atoms with Crippen molar-refractivity contribution in [3.8, 4) is 0 Å². The van der Waals surface area contributed by atoms with E-state index in [1.807, 2.05) is 0 Å². The Hall–Kier alpha value is -0.0700. The topological polar surface area (TPSA) is 43.8 Å². The minimum Gasteiger partial charge on any atom is -0.464 e. The van der Waals surface area contributed by atoms with Gasteiger partial charge in [0.15, 0.2) is 0 Å². The molecule has 0 aromatic rings. The predicted octanol–water partition coefficient (Wildman–Crippen LogP) is 2.39. The Balaban J connectivity index is 0. The lowest BCUT2D eigenvalue weighted by Gasteiger charge is -2.24. The van der Waals surface area contributed by atoms with Gasteiger partial charge in [0.25, 0.3) is 0 Å². The van der Waals surface area contributed by atoms with Crippen LogP contribution in [0.2, 0.25) is 0 Å². The standard InChI is InChI=1S/C7H17N.CH3NO2S2/c1-6(2)8(5)7(3)4;3-1(4)2(5)6/h6-7H,1-5H3;5-6H,(H,3,4). The predicted molar refractivity (Wildman–Crippen MR) is 65.9 cm³/mol. The van der Waals surface area contributed by atoms with Crippen LogP contribution in [0.15, 0.2) is 0 Å². The highest BCUT2D eigenvalue weighted by atomic mass is 32.2. The summed E-state index contributed by atoms with van der Waals surface area (Å²) >= 11 is 6.58. The maximum atomic E-state index is 9.47. The van der Waals surface area contributed by atoms with Crippen molar-refractivity contribution >= 4 is 31.7 Å². The Morgan fingerprint density at radius 3 is 1.36 bits per heavy atom. The van der Waals surface area contributed by atoms with Gasteiger partial charge in [-0.15, -0.1) is 0 Å². The van der Waals surface area contributed by atoms with Gasteiger partial charge in [-0.05, 0) is 60.4 Å². The summed E-state index contributed by atoms with van der Waals surface area (Å²) in [6.45, 7) is 8.83. The van der Waals surface area contributed by atoms with E-state index in [-0.39, 0.29) is 0 Å². The van der Waals surface area contributed by atoms with Crippen LogP contribution < -0.4 is 0 Å². The number of nitrogens with zero attached hydrogens (tertiary/aromatic N) is 2. The Morgan fingerprint density at radius 2 is 1.36 bits per heavy atom. The first-order valence-electron chi connectivity index (χ1n) is 4.32. The van der Waals surface area contributed by atoms with Crippen molar-refractivity contribution in [2.45, 2.75) is 39.8 Å². The highest BCUT2D eigenvalue weighted by Crippen LogP contribution is 1.98. The monoisotopic (exact) mass is 240 g/mol. The minimum absolute atomic E-state index is 0.472. The van der Waals surface area contributed by atoms with Gasteiger partial charge in [0.05, 0.1) is 0 Å². The Kier molecular flexibility index (Phi) is 9.65. The molecule has 4 nitrogen and oxygen atoms in total. The summed E-state index contributed by atoms with van der Waals surface area (Å²) in [4.78, 5) is 11.8. The number of rotatable bonds is 2. The van der Waals surface area contributed by atoms with Crippen molar-refractivity contribution < 1.29 is 9.90 Å². The van der Waals surface area contributed by atoms with E-state index in [1.165, 1.54) is 0 Å². The van der Waals surface area contributed by atoms with Crippen LogP contribution in [-0.4, -0.2) is 38.9 Å². The van der Waals surface area contributed by atoms with Crippen LogP contribution in [0.5, 0.6) is 0 Å². The Labute approximate surface area is 97.4 Å². The third-order valence-electron chi connectivity index (χ3n) is 1.80. The fourth-order valence-corrected chi connectivity index (χ4v) is 0.596. The Morgan fingerprint density at radius 1 is 1.14 bits per heavy atom. The molecule has 86 valence electrons. The van der Waals surface area contributed by atoms with Crippen molar-refractivity contribution in [3.63, 3.8) is 0 Å². The van der Waals surface area contributed by atoms with Crippen LogP contribution in [0.4, 0.5) is 4.79 Å². The number of carbonyl (C=O) groups is 1. The molecule has 0 aromatic carbocycles. The zero-order chi connectivity index (χ0) is 11.9. The molecular weight excluding hydrogens is 220 g/mol. The Bertz CT molecular complexity index is 155. The first kappa shape index (κ1) is 16.4. The minimum atomic E-state index is -1.18. The zero-order valence-corrected chi connectivity index (χ0v) is 11.1. The first-order valence-corrected chi connectivity index (χ1v) is 5.12. The van der Waals surface area contributed by atoms with Gasteiger partial charge in [-0.25, -0.2) is 4.79 Å². The van der Waals surface area contributed by atoms with E-state index in [9.17, 15) is 4.79 Å². The van der Waals surface area contributed by atoms with Gasteiger partial charge in [-0.1, -0.05) is 0 Å². The number of carboxylic acid groups (broad SMARTS) is 1. The summed E-state index contributed by atoms with van der Waals surface area (Å²) in [6.07, 6.45) is -1.18. The second kappa shape index (κ2) is 8.26. The normalized spacial score (nSPS) is 10.1. The van der Waals surface area contributed by atoms with Crippen molar-refractivity contribution in [1.82, 2.24) is 8.61 Å². The van der Waals surface area contributed by atoms with Crippen LogP contribution >= 0.6 is 25.6 Å². The van der Waals surface area contributed by atoms with Crippen LogP contribution in [0, 0.1) is 0 Å². The highest BCUT2D eigenvalue weighted by Gasteiger charge is 2.04. The molecule has 0 fully saturated rings. The molecule has 1 N–H and O–H groups in total. The largest absolute Gasteiger partial charge is 0.464 e. The molecule has 0 aliphatic rings. The molecule has 0 heterocycles. The maximum absolute atomic E-state index is 9.47. The van der Waals surface area contributed by atoms with E-state index in [4.69, 9.17) is 5.11 Å². The molecule has 0 atom stereocenters. The van der Waals surface area contributed by atoms with Gasteiger partial charge in [0, 0.05) is 12.1 Å². The third kappa shape index (κ3) is 10.0. The molecule has 0 saturated carbocycles. The van der Waals surface area contributed by atoms with Crippen LogP contribution in [0.25, 0.3) is 0 Å². The van der Waals surface area contributed by atoms with Crippen molar-refractivity contribution in [2.24, 2.45) is 0 Å². The van der Waals surface area contributed by atoms with E-state index in [0.717, 1.165) is 0 Å². The van der Waals surface area contributed by atoms with Gasteiger partial charge in [-0.2, -0.15) is 3.71 Å². The second-order valence-corrected chi connectivity index (χ2v) is 4.54. The number of thiol groups is 2. The van der Waals surface area contributed by atoms with E-state index in [1.54, 1.807) is 0 Å². The lowest BCUT2D eigenvalue weighted by molar-refractivity contribution is 0.191. The first-order chi connectivity index (χ1) is 6.20. The van der Waals surface area contributed by atoms with Crippen LogP contribution in [0.3, 0.4) is 0 Å². The van der Waals surface area contributed by atoms with E-state index >= 15 is 0 Å². The lowest BCUT2D eigenvalue weighted by Crippen LogP contribution is -2.32. The van der Waals surface area contributed by atoms with Gasteiger partial charge in [0.1, 0.15) is 0 Å². The van der Waals surface area contributed by atoms with Gasteiger partial charge < -0.3 is 10.0 Å². The van der Waals surface area contributed by atoms with Crippen LogP contribution in [0.1, 0.15) is 27.7 Å². The average molecular weight is 240 g/mol. The zero-order valence-electron chi connectivity index (χ0n) is 9.30. The molecular formula is C8H20N2O2S2. The van der Waals surface area contributed by atoms with E-state index in [2.05, 4.69) is 65.3 Å². The van der Waals surface area contributed by atoms with Gasteiger partial charge >= 0.3 is 6.09 Å². The number of hydrogen-bond acceptors (Lipinski definition) is 4. The fourth-order valence-electron chi connectivity index (χ4n) is 0.596. The molecule has 0 unspecified atom stereocenters. The maximum Gasteiger partial charge on any atom is 0.427 e. The van der Waals surface area contributed by atoms with Crippen molar-refractivity contribution in [1.29, 1.82) is 0 Å². The fraction of sp³-hybridized carbons (Fsp3) is 0.875. The number of amides is 1. The van der Waals surface area contributed by atoms with E-state index in [0.29, 0.717) is 15.8 Å². The molecule has 0 aliphatic carbocycles. The highest BCUT2D eigenvalue weighted by molar-refractivity contribution is 7.94. The molecule has 0 radical (unpaired) electrons. The quantitative estimate of drug-likeness (QED) is 0.649. The molecule has 0 aromatic heterocycles. The lowest BCUT2D eigenvalue weighted by atomic mass is 10.3. The summed E-state index contributed by atoms with van der Waals surface area (Å²) in [5.74, 6) is 0. The second-order valence-electron chi connectivity index (χ2n) is 3.42. The summed E-state index contributed by atoms with van der Waals surface area (Å²) in [7, 11) is 2.15. The van der Waals surface area contributed by atoms with Crippen molar-refractivity contribution in [3.05, 3.63) is 0 Å². The molecule has 6 heteroatoms. The van der Waals surface area contributed by atoms with Crippen molar-refractivity contribution in [2.75, 3.05) is 7.05 Å². The third-order valence-corrected chi connectivity index (χ3v) is 2.14. The van der Waals surface area contributed by atoms with Crippen LogP contribution in [-0.2, 0) is 0 Å². The van der Waals surface area contributed by atoms with Gasteiger partial charge in [-0.3, -0.25) is 0 Å². The molecule has 0 spiro atoms. The molecule has 0 saturated heterocycles. The molecule has 1 amide bonds. The summed E-state index contributed by atoms with van der Waals surface area (Å²) < 4.78 is 0.472. The molecule has 14 heavy (non-hydrogen) atoms. The summed E-state index contributed by atoms with van der Waals surface area (Å²) in [5, 5.41) is 7.76. The van der Waals surface area contributed by atoms with E-state index < -0.39 is 6.09 Å². The summed E-state index contributed by atoms with van der Waals surface area (Å²) in [6, 6.07) is 1.35. The molecule has 0 bridgehead atoms. The molecule has 0 aliphatic heterocycles. The average Bonchev–Trinajstić information content (AvgIpc) is 2.03. The molecule has 0 rings (SSSR count). The number of hydrogen-bond donors (Lipinski definition) is 3. The SMILES string of the molecule is CC(C)N(C)C(C)C.O=C(O)N(S)S. The summed E-state index contributed by atoms with van der Waals surface area (Å²) in [5.41, 5.74) is 0.